The number of allylic oxidation sites excluding steroid dienone is 4. The van der Waals surface area contributed by atoms with Crippen LogP contribution >= 0.6 is 0 Å². The maximum atomic E-state index is 12.7. The number of hydrogen-bond donors (Lipinski definition) is 1. The van der Waals surface area contributed by atoms with Crippen molar-refractivity contribution in [1.82, 2.24) is 4.72 Å². The second-order valence-corrected chi connectivity index (χ2v) is 6.88. The normalized spacial score (nSPS) is 16.0. The van der Waals surface area contributed by atoms with Gasteiger partial charge in [0.25, 0.3) is 0 Å². The van der Waals surface area contributed by atoms with Gasteiger partial charge in [0.15, 0.2) is 4.91 Å². The number of rotatable bonds is 9. The first kappa shape index (κ1) is 25.4. The Balaban J connectivity index is 5.50. The summed E-state index contributed by atoms with van der Waals surface area (Å²) in [6.45, 7) is 6.64. The van der Waals surface area contributed by atoms with E-state index in [2.05, 4.69) is 26.0 Å². The number of hydrogen-bond acceptors (Lipinski definition) is 5. The molecule has 154 valence electrons. The van der Waals surface area contributed by atoms with E-state index in [4.69, 9.17) is 0 Å². The summed E-state index contributed by atoms with van der Waals surface area (Å²) in [7, 11) is 1.21. The lowest BCUT2D eigenvalue weighted by molar-refractivity contribution is -0.305. The number of carbonyl (C=O) groups excluding carboxylic acids is 1. The molecule has 2 atom stereocenters. The van der Waals surface area contributed by atoms with Crippen LogP contribution in [-0.4, -0.2) is 29.5 Å². The van der Waals surface area contributed by atoms with Crippen LogP contribution in [-0.2, 0) is 25.6 Å². The van der Waals surface area contributed by atoms with Crippen molar-refractivity contribution >= 4 is 17.3 Å². The van der Waals surface area contributed by atoms with Crippen molar-refractivity contribution in [3.63, 3.8) is 0 Å². The maximum Gasteiger partial charge on any atom is 0.572 e. The average molecular weight is 409 g/mol. The van der Waals surface area contributed by atoms with E-state index in [9.17, 15) is 22.5 Å². The van der Waals surface area contributed by atoms with Crippen LogP contribution in [0.3, 0.4) is 0 Å². The van der Waals surface area contributed by atoms with Gasteiger partial charge in [-0.3, -0.25) is 0 Å². The van der Waals surface area contributed by atoms with Crippen molar-refractivity contribution in [1.29, 1.82) is 0 Å². The molecule has 0 fully saturated rings. The third kappa shape index (κ3) is 10.3. The molecular weight excluding hydrogens is 383 g/mol. The Labute approximate surface area is 161 Å². The number of alkyl halides is 3. The Morgan fingerprint density at radius 3 is 2.33 bits per heavy atom. The quantitative estimate of drug-likeness (QED) is 0.155. The predicted octanol–water partition coefficient (Wildman–Crippen LogP) is 4.10. The minimum Gasteiger partial charge on any atom is -0.593 e. The average Bonchev–Trinajstić information content (AvgIpc) is 2.58. The standard InChI is InChI=1S/C18H26F3NO4S/c1-6-12-17(8-3,13-11-16(23)25-5)22-27(24)15(7-2)10-9-14(4)26-18(19,20)21/h9-10,22H,6-8,12H2,1-5H3/b14-9+,15-10+. The molecule has 5 nitrogen and oxygen atoms in total. The van der Waals surface area contributed by atoms with Gasteiger partial charge in [0.05, 0.1) is 18.5 Å². The summed E-state index contributed by atoms with van der Waals surface area (Å²) in [4.78, 5) is 11.7. The molecule has 0 radical (unpaired) electrons. The van der Waals surface area contributed by atoms with Crippen molar-refractivity contribution in [2.75, 3.05) is 7.11 Å². The van der Waals surface area contributed by atoms with Gasteiger partial charge in [-0.2, -0.15) is 0 Å². The molecule has 0 saturated heterocycles. The number of esters is 1. The smallest absolute Gasteiger partial charge is 0.572 e. The molecule has 2 unspecified atom stereocenters. The molecule has 0 aliphatic heterocycles. The minimum atomic E-state index is -4.78. The molecule has 0 heterocycles. The molecule has 0 aromatic carbocycles. The highest BCUT2D eigenvalue weighted by Crippen LogP contribution is 2.23. The number of halogens is 3. The molecule has 1 N–H and O–H groups in total. The van der Waals surface area contributed by atoms with E-state index in [0.717, 1.165) is 19.4 Å². The predicted molar refractivity (Wildman–Crippen MR) is 98.3 cm³/mol. The summed E-state index contributed by atoms with van der Waals surface area (Å²) in [6, 6.07) is 0. The van der Waals surface area contributed by atoms with Crippen LogP contribution in [0, 0.1) is 11.8 Å². The fraction of sp³-hybridized carbons (Fsp3) is 0.611. The molecule has 0 spiro atoms. The van der Waals surface area contributed by atoms with E-state index in [1.807, 2.05) is 13.8 Å². The molecule has 9 heteroatoms. The molecule has 0 aliphatic carbocycles. The molecular formula is C18H26F3NO4S. The highest BCUT2D eigenvalue weighted by molar-refractivity contribution is 7.93. The number of methoxy groups -OCH3 is 1. The van der Waals surface area contributed by atoms with Gasteiger partial charge in [-0.1, -0.05) is 33.1 Å². The third-order valence-corrected chi connectivity index (χ3v) is 5.00. The second-order valence-electron chi connectivity index (χ2n) is 5.61. The van der Waals surface area contributed by atoms with Crippen LogP contribution < -0.4 is 4.72 Å². The van der Waals surface area contributed by atoms with Crippen molar-refractivity contribution in [3.05, 3.63) is 22.8 Å². The number of carbonyl (C=O) groups is 1. The van der Waals surface area contributed by atoms with Crippen molar-refractivity contribution in [2.45, 2.75) is 65.3 Å². The van der Waals surface area contributed by atoms with Gasteiger partial charge in [0.1, 0.15) is 11.3 Å². The molecule has 0 aromatic heterocycles. The SMILES string of the molecule is CCCC(C#CC(=O)OC)(CC)N[S+]([O-])/C(=C/C=C(\C)OC(F)(F)F)CC. The summed E-state index contributed by atoms with van der Waals surface area (Å²) >= 11 is -1.71. The highest BCUT2D eigenvalue weighted by Gasteiger charge is 2.33. The zero-order valence-electron chi connectivity index (χ0n) is 16.2. The summed E-state index contributed by atoms with van der Waals surface area (Å²) in [5, 5.41) is 0. The van der Waals surface area contributed by atoms with Crippen molar-refractivity contribution in [2.24, 2.45) is 0 Å². The molecule has 0 rings (SSSR count). The van der Waals surface area contributed by atoms with E-state index < -0.39 is 29.2 Å². The van der Waals surface area contributed by atoms with Crippen LogP contribution in [0.1, 0.15) is 53.4 Å². The van der Waals surface area contributed by atoms with Gasteiger partial charge in [-0.25, -0.2) is 4.79 Å². The summed E-state index contributed by atoms with van der Waals surface area (Å²) in [5.74, 6) is 4.09. The van der Waals surface area contributed by atoms with Crippen LogP contribution in [0.25, 0.3) is 0 Å². The number of ether oxygens (including phenoxy) is 2. The third-order valence-electron chi connectivity index (χ3n) is 3.52. The Morgan fingerprint density at radius 1 is 1.26 bits per heavy atom. The monoisotopic (exact) mass is 409 g/mol. The lowest BCUT2D eigenvalue weighted by Gasteiger charge is -2.28. The lowest BCUT2D eigenvalue weighted by Crippen LogP contribution is -2.47. The Bertz CT molecular complexity index is 608. The van der Waals surface area contributed by atoms with Crippen LogP contribution in [0.4, 0.5) is 13.2 Å². The van der Waals surface area contributed by atoms with E-state index in [0.29, 0.717) is 24.2 Å². The molecule has 27 heavy (non-hydrogen) atoms. The fourth-order valence-corrected chi connectivity index (χ4v) is 3.34. The summed E-state index contributed by atoms with van der Waals surface area (Å²) in [5.41, 5.74) is -0.886. The Hall–Kier alpha value is -1.63. The van der Waals surface area contributed by atoms with Crippen LogP contribution in [0.5, 0.6) is 0 Å². The zero-order chi connectivity index (χ0) is 21.1. The highest BCUT2D eigenvalue weighted by atomic mass is 32.2. The van der Waals surface area contributed by atoms with Gasteiger partial charge in [0.2, 0.25) is 0 Å². The van der Waals surface area contributed by atoms with E-state index in [1.54, 1.807) is 6.92 Å². The van der Waals surface area contributed by atoms with Gasteiger partial charge in [0, 0.05) is 12.3 Å². The lowest BCUT2D eigenvalue weighted by atomic mass is 9.93. The van der Waals surface area contributed by atoms with Crippen LogP contribution in [0.15, 0.2) is 22.8 Å². The zero-order valence-corrected chi connectivity index (χ0v) is 17.0. The van der Waals surface area contributed by atoms with Crippen LogP contribution in [0.2, 0.25) is 0 Å². The van der Waals surface area contributed by atoms with E-state index in [-0.39, 0.29) is 5.76 Å². The van der Waals surface area contributed by atoms with Crippen molar-refractivity contribution in [3.8, 4) is 11.8 Å². The van der Waals surface area contributed by atoms with Crippen molar-refractivity contribution < 1.29 is 32.0 Å². The topological polar surface area (TPSA) is 70.6 Å². The fourth-order valence-electron chi connectivity index (χ4n) is 2.11. The molecule has 0 aliphatic rings. The second kappa shape index (κ2) is 12.0. The van der Waals surface area contributed by atoms with E-state index >= 15 is 0 Å². The largest absolute Gasteiger partial charge is 0.593 e. The van der Waals surface area contributed by atoms with Gasteiger partial charge < -0.3 is 14.0 Å². The minimum absolute atomic E-state index is 0.339. The van der Waals surface area contributed by atoms with Gasteiger partial charge >= 0.3 is 12.3 Å². The first-order chi connectivity index (χ1) is 12.5. The summed E-state index contributed by atoms with van der Waals surface area (Å²) < 4.78 is 60.5. The number of nitrogens with one attached hydrogen (secondary N) is 1. The first-order valence-corrected chi connectivity index (χ1v) is 9.61. The van der Waals surface area contributed by atoms with Gasteiger partial charge in [-0.05, 0) is 31.9 Å². The maximum absolute atomic E-state index is 12.7. The molecule has 0 saturated carbocycles. The van der Waals surface area contributed by atoms with E-state index in [1.165, 1.54) is 13.2 Å². The Kier molecular flexibility index (Phi) is 11.2. The summed E-state index contributed by atoms with van der Waals surface area (Å²) in [6.07, 6.45) is -0.283. The first-order valence-electron chi connectivity index (χ1n) is 8.46. The molecule has 0 bridgehead atoms. The molecule has 0 aromatic rings. The Morgan fingerprint density at radius 2 is 1.89 bits per heavy atom. The molecule has 0 amide bonds. The van der Waals surface area contributed by atoms with Gasteiger partial charge in [-0.15, -0.1) is 17.9 Å².